The molecule has 1 aromatic rings. The van der Waals surface area contributed by atoms with Gasteiger partial charge in [0, 0.05) is 31.6 Å². The van der Waals surface area contributed by atoms with Crippen molar-refractivity contribution in [1.82, 2.24) is 21.3 Å². The third-order valence-electron chi connectivity index (χ3n) is 5.30. The van der Waals surface area contributed by atoms with Crippen molar-refractivity contribution in [2.75, 3.05) is 25.0 Å². The third-order valence-corrected chi connectivity index (χ3v) is 5.30. The van der Waals surface area contributed by atoms with Gasteiger partial charge in [0.25, 0.3) is 0 Å². The van der Waals surface area contributed by atoms with Gasteiger partial charge in [-0.1, -0.05) is 67.5 Å². The highest BCUT2D eigenvalue weighted by Crippen LogP contribution is 2.10. The fourth-order valence-electron chi connectivity index (χ4n) is 3.15. The molecule has 0 aromatic heterocycles. The number of urea groups is 1. The van der Waals surface area contributed by atoms with Crippen molar-refractivity contribution in [3.05, 3.63) is 29.8 Å². The fourth-order valence-corrected chi connectivity index (χ4v) is 3.15. The number of ketones is 1. The molecule has 13 heteroatoms. The van der Waals surface area contributed by atoms with E-state index in [0.29, 0.717) is 44.5 Å². The van der Waals surface area contributed by atoms with E-state index in [-0.39, 0.29) is 30.8 Å². The van der Waals surface area contributed by atoms with Crippen LogP contribution in [0.2, 0.25) is 0 Å². The number of rotatable bonds is 16. The number of anilines is 1. The van der Waals surface area contributed by atoms with Crippen LogP contribution in [0, 0.1) is 5.92 Å². The van der Waals surface area contributed by atoms with Crippen LogP contribution in [0.25, 0.3) is 0 Å². The van der Waals surface area contributed by atoms with Gasteiger partial charge in [-0.2, -0.15) is 0 Å². The van der Waals surface area contributed by atoms with Crippen LogP contribution >= 0.6 is 0 Å². The maximum absolute atomic E-state index is 12.4. The maximum Gasteiger partial charge on any atom is 0.407 e. The summed E-state index contributed by atoms with van der Waals surface area (Å²) in [5.41, 5.74) is 5.98. The molecule has 0 heterocycles. The van der Waals surface area contributed by atoms with Crippen LogP contribution in [0.1, 0.15) is 100.0 Å². The van der Waals surface area contributed by atoms with E-state index in [9.17, 15) is 28.8 Å². The zero-order chi connectivity index (χ0) is 35.2. The van der Waals surface area contributed by atoms with Crippen LogP contribution in [0.5, 0.6) is 0 Å². The first-order chi connectivity index (χ1) is 21.4. The van der Waals surface area contributed by atoms with Crippen LogP contribution in [-0.4, -0.2) is 61.3 Å². The number of primary amides is 1. The molecule has 1 aromatic carbocycles. The van der Waals surface area contributed by atoms with Crippen molar-refractivity contribution in [3.8, 4) is 0 Å². The third kappa shape index (κ3) is 27.1. The second kappa shape index (κ2) is 29.9. The predicted molar refractivity (Wildman–Crippen MR) is 178 cm³/mol. The molecular formula is C32H58N6O7. The molecule has 45 heavy (non-hydrogen) atoms. The molecular weight excluding hydrogens is 580 g/mol. The smallest absolute Gasteiger partial charge is 0.407 e. The summed E-state index contributed by atoms with van der Waals surface area (Å²) in [7, 11) is 0. The highest BCUT2D eigenvalue weighted by molar-refractivity contribution is 5.96. The van der Waals surface area contributed by atoms with Crippen LogP contribution < -0.4 is 32.3 Å². The quantitative estimate of drug-likeness (QED) is 0.144. The molecule has 258 valence electrons. The van der Waals surface area contributed by atoms with Gasteiger partial charge in [0.2, 0.25) is 17.7 Å². The van der Waals surface area contributed by atoms with E-state index < -0.39 is 30.0 Å². The first-order valence-electron chi connectivity index (χ1n) is 15.8. The van der Waals surface area contributed by atoms with Gasteiger partial charge < -0.3 is 41.8 Å². The van der Waals surface area contributed by atoms with Crippen molar-refractivity contribution in [1.29, 1.82) is 0 Å². The summed E-state index contributed by atoms with van der Waals surface area (Å²) in [6.07, 6.45) is 2.35. The van der Waals surface area contributed by atoms with Gasteiger partial charge >= 0.3 is 12.1 Å². The fraction of sp³-hybridized carbons (Fsp3) is 0.625. The maximum atomic E-state index is 12.4. The number of amides is 6. The van der Waals surface area contributed by atoms with E-state index in [1.165, 1.54) is 6.92 Å². The Morgan fingerprint density at radius 1 is 0.800 bits per heavy atom. The Morgan fingerprint density at radius 3 is 1.87 bits per heavy atom. The SMILES string of the molecule is CC.CC.CCCC(=O)NC(C(=O)NCC(=O)Nc1ccc(COC(=O)NCCCC(C)=O)cc1)C(C)C.CCCNC(N)=O. The largest absolute Gasteiger partial charge is 0.445 e. The summed E-state index contributed by atoms with van der Waals surface area (Å²) in [5, 5.41) is 12.9. The van der Waals surface area contributed by atoms with Gasteiger partial charge in [-0.05, 0) is 49.8 Å². The van der Waals surface area contributed by atoms with E-state index in [1.807, 2.05) is 55.4 Å². The molecule has 13 nitrogen and oxygen atoms in total. The summed E-state index contributed by atoms with van der Waals surface area (Å²) in [5.74, 6) is -1.08. The van der Waals surface area contributed by atoms with E-state index in [2.05, 4.69) is 26.6 Å². The van der Waals surface area contributed by atoms with Crippen LogP contribution in [0.15, 0.2) is 24.3 Å². The van der Waals surface area contributed by atoms with Gasteiger partial charge in [-0.3, -0.25) is 14.4 Å². The zero-order valence-corrected chi connectivity index (χ0v) is 28.8. The van der Waals surface area contributed by atoms with E-state index >= 15 is 0 Å². The summed E-state index contributed by atoms with van der Waals surface area (Å²) in [6.45, 7) is 17.8. The van der Waals surface area contributed by atoms with Gasteiger partial charge in [0.1, 0.15) is 18.4 Å². The number of hydrogen-bond donors (Lipinski definition) is 6. The van der Waals surface area contributed by atoms with Crippen molar-refractivity contribution >= 4 is 41.3 Å². The van der Waals surface area contributed by atoms with Gasteiger partial charge in [0.05, 0.1) is 6.54 Å². The number of carbonyl (C=O) groups is 6. The van der Waals surface area contributed by atoms with Gasteiger partial charge in [0.15, 0.2) is 0 Å². The topological polar surface area (TPSA) is 198 Å². The molecule has 1 atom stereocenters. The number of Topliss-reactive ketones (excluding diaryl/α,β-unsaturated/α-hetero) is 1. The molecule has 0 aliphatic carbocycles. The molecule has 0 bridgehead atoms. The lowest BCUT2D eigenvalue weighted by Crippen LogP contribution is -2.50. The standard InChI is InChI=1S/C24H36N4O6.C4H10N2O.2C2H6/c1-5-7-20(30)28-22(16(2)3)23(32)26-14-21(31)27-19-11-9-18(10-12-19)15-34-24(33)25-13-6-8-17(4)29;1-2-3-6-4(5)7;2*1-2/h9-12,16,22H,5-8,13-15H2,1-4H3,(H,25,33)(H,26,32)(H,27,31)(H,28,30);2-3H2,1H3,(H3,5,6,7);2*1-2H3. The van der Waals surface area contributed by atoms with Crippen molar-refractivity contribution < 1.29 is 33.5 Å². The first-order valence-corrected chi connectivity index (χ1v) is 15.8. The first kappa shape index (κ1) is 45.3. The predicted octanol–water partition coefficient (Wildman–Crippen LogP) is 4.39. The number of nitrogens with one attached hydrogen (secondary N) is 5. The zero-order valence-electron chi connectivity index (χ0n) is 28.8. The number of alkyl carbamates (subject to hydrolysis) is 1. The lowest BCUT2D eigenvalue weighted by molar-refractivity contribution is -0.130. The van der Waals surface area contributed by atoms with Gasteiger partial charge in [-0.15, -0.1) is 0 Å². The molecule has 0 spiro atoms. The Labute approximate surface area is 269 Å². The highest BCUT2D eigenvalue weighted by Gasteiger charge is 2.24. The summed E-state index contributed by atoms with van der Waals surface area (Å²) in [4.78, 5) is 68.8. The normalized spacial score (nSPS) is 10.1. The average molecular weight is 639 g/mol. The average Bonchev–Trinajstić information content (AvgIpc) is 3.01. The summed E-state index contributed by atoms with van der Waals surface area (Å²) >= 11 is 0. The molecule has 1 unspecified atom stereocenters. The van der Waals surface area contributed by atoms with E-state index in [4.69, 9.17) is 10.5 Å². The second-order valence-electron chi connectivity index (χ2n) is 9.60. The Balaban J connectivity index is -0.00000138. The lowest BCUT2D eigenvalue weighted by Gasteiger charge is -2.21. The molecule has 6 amide bonds. The van der Waals surface area contributed by atoms with Crippen LogP contribution in [0.4, 0.5) is 15.3 Å². The van der Waals surface area contributed by atoms with E-state index in [1.54, 1.807) is 24.3 Å². The van der Waals surface area contributed by atoms with E-state index in [0.717, 1.165) is 12.0 Å². The second-order valence-corrected chi connectivity index (χ2v) is 9.60. The number of hydrogen-bond acceptors (Lipinski definition) is 7. The molecule has 0 fully saturated rings. The monoisotopic (exact) mass is 638 g/mol. The Bertz CT molecular complexity index is 985. The minimum absolute atomic E-state index is 0.0587. The molecule has 0 saturated heterocycles. The minimum atomic E-state index is -0.711. The minimum Gasteiger partial charge on any atom is -0.445 e. The van der Waals surface area contributed by atoms with Crippen molar-refractivity contribution in [2.45, 2.75) is 107 Å². The number of ether oxygens (including phenoxy) is 1. The number of benzene rings is 1. The van der Waals surface area contributed by atoms with Crippen LogP contribution in [0.3, 0.4) is 0 Å². The molecule has 0 saturated carbocycles. The summed E-state index contributed by atoms with van der Waals surface area (Å²) < 4.78 is 5.11. The summed E-state index contributed by atoms with van der Waals surface area (Å²) in [6, 6.07) is 5.57. The number of carbonyl (C=O) groups excluding carboxylic acids is 6. The lowest BCUT2D eigenvalue weighted by atomic mass is 10.0. The molecule has 1 rings (SSSR count). The molecule has 0 aliphatic heterocycles. The Kier molecular flexibility index (Phi) is 30.1. The Morgan fingerprint density at radius 2 is 1.40 bits per heavy atom. The number of nitrogens with two attached hydrogens (primary N) is 1. The Hall–Kier alpha value is -4.16. The molecule has 0 radical (unpaired) electrons. The van der Waals surface area contributed by atoms with Crippen LogP contribution in [-0.2, 0) is 30.5 Å². The molecule has 7 N–H and O–H groups in total. The van der Waals surface area contributed by atoms with Crippen molar-refractivity contribution in [3.63, 3.8) is 0 Å². The molecule has 0 aliphatic rings. The van der Waals surface area contributed by atoms with Crippen molar-refractivity contribution in [2.24, 2.45) is 11.7 Å². The van der Waals surface area contributed by atoms with Gasteiger partial charge in [-0.25, -0.2) is 9.59 Å². The highest BCUT2D eigenvalue weighted by atomic mass is 16.5.